The van der Waals surface area contributed by atoms with Gasteiger partial charge in [-0.25, -0.2) is 0 Å². The van der Waals surface area contributed by atoms with Crippen molar-refractivity contribution >= 4 is 0 Å². The summed E-state index contributed by atoms with van der Waals surface area (Å²) in [4.78, 5) is 0. The molecule has 0 bridgehead atoms. The Morgan fingerprint density at radius 3 is 2.12 bits per heavy atom. The van der Waals surface area contributed by atoms with Crippen LogP contribution in [0.25, 0.3) is 0 Å². The Hall–Kier alpha value is -0.520. The van der Waals surface area contributed by atoms with E-state index in [0.29, 0.717) is 11.3 Å². The number of unbranched alkanes of at least 4 members (excludes halogenated alkanes) is 4. The number of hydrogen-bond donors (Lipinski definition) is 0. The fourth-order valence-electron chi connectivity index (χ4n) is 2.10. The molecule has 0 heteroatoms. The van der Waals surface area contributed by atoms with Gasteiger partial charge in [-0.15, -0.1) is 0 Å². The summed E-state index contributed by atoms with van der Waals surface area (Å²) in [6, 6.07) is 0. The minimum Gasteiger partial charge on any atom is -0.0877 e. The topological polar surface area (TPSA) is 0 Å². The van der Waals surface area contributed by atoms with Crippen LogP contribution < -0.4 is 0 Å². The maximum atomic E-state index is 2.39. The first-order valence-electron chi connectivity index (χ1n) is 7.31. The second-order valence-electron chi connectivity index (χ2n) is 6.09. The Morgan fingerprint density at radius 2 is 1.59 bits per heavy atom. The average Bonchev–Trinajstić information content (AvgIpc) is 2.25. The van der Waals surface area contributed by atoms with E-state index in [2.05, 4.69) is 58.9 Å². The number of allylic oxidation sites excluding steroid dienone is 4. The van der Waals surface area contributed by atoms with Crippen LogP contribution in [-0.2, 0) is 0 Å². The summed E-state index contributed by atoms with van der Waals surface area (Å²) in [6.45, 7) is 11.4. The second kappa shape index (κ2) is 9.50. The molecule has 17 heavy (non-hydrogen) atoms. The zero-order valence-corrected chi connectivity index (χ0v) is 12.6. The van der Waals surface area contributed by atoms with Gasteiger partial charge in [-0.1, -0.05) is 84.1 Å². The fourth-order valence-corrected chi connectivity index (χ4v) is 2.10. The summed E-state index contributed by atoms with van der Waals surface area (Å²) < 4.78 is 0. The largest absolute Gasteiger partial charge is 0.0877 e. The van der Waals surface area contributed by atoms with Crippen LogP contribution in [0.2, 0.25) is 0 Å². The van der Waals surface area contributed by atoms with Crippen LogP contribution in [0, 0.1) is 11.3 Å². The zero-order chi connectivity index (χ0) is 13.1. The van der Waals surface area contributed by atoms with Gasteiger partial charge < -0.3 is 0 Å². The van der Waals surface area contributed by atoms with Crippen molar-refractivity contribution in [2.75, 3.05) is 0 Å². The zero-order valence-electron chi connectivity index (χ0n) is 12.6. The first-order chi connectivity index (χ1) is 8.02. The molecule has 0 aliphatic carbocycles. The minimum atomic E-state index is 0.392. The SMILES string of the molecule is CC=CC=CC(CCCCCCC)C(C)(C)C. The van der Waals surface area contributed by atoms with Crippen LogP contribution in [0.15, 0.2) is 24.3 Å². The van der Waals surface area contributed by atoms with Crippen molar-refractivity contribution in [3.05, 3.63) is 24.3 Å². The van der Waals surface area contributed by atoms with E-state index in [0.717, 1.165) is 0 Å². The molecular weight excluding hydrogens is 204 g/mol. The van der Waals surface area contributed by atoms with Gasteiger partial charge in [0.15, 0.2) is 0 Å². The smallest absolute Gasteiger partial charge is 0.0182 e. The van der Waals surface area contributed by atoms with E-state index < -0.39 is 0 Å². The normalized spacial score (nSPS) is 14.9. The molecule has 0 aromatic rings. The summed E-state index contributed by atoms with van der Waals surface area (Å²) in [5, 5.41) is 0. The molecule has 0 radical (unpaired) electrons. The van der Waals surface area contributed by atoms with Crippen molar-refractivity contribution in [2.45, 2.75) is 73.1 Å². The molecule has 0 saturated carbocycles. The van der Waals surface area contributed by atoms with Gasteiger partial charge in [0, 0.05) is 0 Å². The van der Waals surface area contributed by atoms with E-state index in [9.17, 15) is 0 Å². The maximum absolute atomic E-state index is 2.39. The molecule has 0 amide bonds. The van der Waals surface area contributed by atoms with Gasteiger partial charge in [-0.05, 0) is 24.7 Å². The molecule has 0 N–H and O–H groups in total. The monoisotopic (exact) mass is 236 g/mol. The highest BCUT2D eigenvalue weighted by molar-refractivity contribution is 5.05. The number of rotatable bonds is 8. The Bertz CT molecular complexity index is 215. The van der Waals surface area contributed by atoms with E-state index >= 15 is 0 Å². The van der Waals surface area contributed by atoms with Crippen molar-refractivity contribution in [1.82, 2.24) is 0 Å². The Labute approximate surface area is 109 Å². The third-order valence-corrected chi connectivity index (χ3v) is 3.38. The lowest BCUT2D eigenvalue weighted by atomic mass is 9.77. The lowest BCUT2D eigenvalue weighted by Crippen LogP contribution is -2.18. The van der Waals surface area contributed by atoms with Crippen molar-refractivity contribution in [3.63, 3.8) is 0 Å². The van der Waals surface area contributed by atoms with Crippen molar-refractivity contribution < 1.29 is 0 Å². The van der Waals surface area contributed by atoms with Gasteiger partial charge in [0.05, 0.1) is 0 Å². The van der Waals surface area contributed by atoms with E-state index in [-0.39, 0.29) is 0 Å². The van der Waals surface area contributed by atoms with Gasteiger partial charge in [0.25, 0.3) is 0 Å². The van der Waals surface area contributed by atoms with Gasteiger partial charge in [0.2, 0.25) is 0 Å². The fraction of sp³-hybridized carbons (Fsp3) is 0.765. The lowest BCUT2D eigenvalue weighted by Gasteiger charge is -2.28. The van der Waals surface area contributed by atoms with Gasteiger partial charge in [0.1, 0.15) is 0 Å². The molecular formula is C17H32. The maximum Gasteiger partial charge on any atom is -0.0182 e. The third kappa shape index (κ3) is 9.21. The van der Waals surface area contributed by atoms with Crippen LogP contribution >= 0.6 is 0 Å². The molecule has 100 valence electrons. The third-order valence-electron chi connectivity index (χ3n) is 3.38. The standard InChI is InChI=1S/C17H32/c1-6-8-10-11-13-15-16(17(3,4)5)14-12-9-7-2/h7,9,12,14,16H,6,8,10-11,13,15H2,1-5H3. The molecule has 0 fully saturated rings. The van der Waals surface area contributed by atoms with E-state index in [4.69, 9.17) is 0 Å². The van der Waals surface area contributed by atoms with Crippen LogP contribution in [0.4, 0.5) is 0 Å². The summed E-state index contributed by atoms with van der Waals surface area (Å²) in [6.07, 6.45) is 17.1. The summed E-state index contributed by atoms with van der Waals surface area (Å²) in [5.74, 6) is 0.709. The molecule has 0 rings (SSSR count). The molecule has 0 aliphatic rings. The quantitative estimate of drug-likeness (QED) is 0.350. The molecule has 0 spiro atoms. The summed E-state index contributed by atoms with van der Waals surface area (Å²) in [5.41, 5.74) is 0.392. The predicted octanol–water partition coefficient (Wildman–Crippen LogP) is 6.14. The Kier molecular flexibility index (Phi) is 9.21. The molecule has 0 aromatic carbocycles. The molecule has 0 nitrogen and oxygen atoms in total. The first kappa shape index (κ1) is 16.5. The average molecular weight is 236 g/mol. The lowest BCUT2D eigenvalue weighted by molar-refractivity contribution is 0.271. The highest BCUT2D eigenvalue weighted by atomic mass is 14.3. The van der Waals surface area contributed by atoms with Gasteiger partial charge in [-0.3, -0.25) is 0 Å². The molecule has 0 aromatic heterocycles. The highest BCUT2D eigenvalue weighted by Crippen LogP contribution is 2.31. The second-order valence-corrected chi connectivity index (χ2v) is 6.09. The first-order valence-corrected chi connectivity index (χ1v) is 7.31. The van der Waals surface area contributed by atoms with Crippen molar-refractivity contribution in [2.24, 2.45) is 11.3 Å². The van der Waals surface area contributed by atoms with Crippen LogP contribution in [0.3, 0.4) is 0 Å². The van der Waals surface area contributed by atoms with E-state index in [1.165, 1.54) is 38.5 Å². The number of hydrogen-bond acceptors (Lipinski definition) is 0. The van der Waals surface area contributed by atoms with Crippen LogP contribution in [0.1, 0.15) is 73.1 Å². The Balaban J connectivity index is 4.04. The van der Waals surface area contributed by atoms with Crippen molar-refractivity contribution in [3.8, 4) is 0 Å². The van der Waals surface area contributed by atoms with Crippen LogP contribution in [-0.4, -0.2) is 0 Å². The van der Waals surface area contributed by atoms with Crippen molar-refractivity contribution in [1.29, 1.82) is 0 Å². The van der Waals surface area contributed by atoms with Crippen LogP contribution in [0.5, 0.6) is 0 Å². The van der Waals surface area contributed by atoms with E-state index in [1.807, 2.05) is 0 Å². The van der Waals surface area contributed by atoms with Gasteiger partial charge in [-0.2, -0.15) is 0 Å². The highest BCUT2D eigenvalue weighted by Gasteiger charge is 2.21. The minimum absolute atomic E-state index is 0.392. The summed E-state index contributed by atoms with van der Waals surface area (Å²) in [7, 11) is 0. The molecule has 1 atom stereocenters. The molecule has 0 saturated heterocycles. The molecule has 0 aliphatic heterocycles. The molecule has 1 unspecified atom stereocenters. The van der Waals surface area contributed by atoms with E-state index in [1.54, 1.807) is 0 Å². The van der Waals surface area contributed by atoms with Gasteiger partial charge >= 0.3 is 0 Å². The predicted molar refractivity (Wildman–Crippen MR) is 80.3 cm³/mol. The summed E-state index contributed by atoms with van der Waals surface area (Å²) >= 11 is 0. The molecule has 0 heterocycles. The Morgan fingerprint density at radius 1 is 0.941 bits per heavy atom.